The van der Waals surface area contributed by atoms with Crippen LogP contribution in [0.4, 0.5) is 5.82 Å². The van der Waals surface area contributed by atoms with Crippen LogP contribution in [0.15, 0.2) is 34.7 Å². The fourth-order valence-corrected chi connectivity index (χ4v) is 8.08. The minimum absolute atomic E-state index is 0.144. The molecule has 2 fully saturated rings. The van der Waals surface area contributed by atoms with E-state index >= 15 is 0 Å². The van der Waals surface area contributed by atoms with E-state index in [9.17, 15) is 13.5 Å². The van der Waals surface area contributed by atoms with Crippen molar-refractivity contribution in [3.05, 3.63) is 30.5 Å². The number of ether oxygens (including phenoxy) is 1. The number of thiophene rings is 1. The molecule has 0 amide bonds. The Morgan fingerprint density at radius 3 is 2.72 bits per heavy atom. The summed E-state index contributed by atoms with van der Waals surface area (Å²) in [4.78, 5) is 11.9. The van der Waals surface area contributed by atoms with Gasteiger partial charge in [0.15, 0.2) is 11.6 Å². The van der Waals surface area contributed by atoms with Gasteiger partial charge in [-0.05, 0) is 37.3 Å². The first-order chi connectivity index (χ1) is 17.5. The van der Waals surface area contributed by atoms with Gasteiger partial charge in [0.1, 0.15) is 4.21 Å². The highest BCUT2D eigenvalue weighted by Crippen LogP contribution is 2.39. The van der Waals surface area contributed by atoms with Crippen LogP contribution in [0.3, 0.4) is 0 Å². The number of sulfonamides is 1. The number of piperidine rings is 1. The molecule has 1 aromatic carbocycles. The minimum atomic E-state index is -3.65. The lowest BCUT2D eigenvalue weighted by Crippen LogP contribution is -2.38. The van der Waals surface area contributed by atoms with Crippen LogP contribution in [-0.4, -0.2) is 84.0 Å². The van der Waals surface area contributed by atoms with E-state index in [2.05, 4.69) is 15.1 Å². The molecule has 12 heteroatoms. The second-order valence-electron chi connectivity index (χ2n) is 9.25. The summed E-state index contributed by atoms with van der Waals surface area (Å²) in [6.07, 6.45) is 4.02. The average Bonchev–Trinajstić information content (AvgIpc) is 3.57. The van der Waals surface area contributed by atoms with Gasteiger partial charge in [-0.1, -0.05) is 12.1 Å². The minimum Gasteiger partial charge on any atom is -0.396 e. The van der Waals surface area contributed by atoms with E-state index in [1.165, 1.54) is 11.3 Å². The fourth-order valence-electron chi connectivity index (χ4n) is 5.04. The number of benzene rings is 1. The zero-order valence-corrected chi connectivity index (χ0v) is 21.4. The molecule has 0 atom stereocenters. The molecule has 0 radical (unpaired) electrons. The quantitative estimate of drug-likeness (QED) is 0.392. The third-order valence-electron chi connectivity index (χ3n) is 7.07. The third kappa shape index (κ3) is 4.26. The van der Waals surface area contributed by atoms with Gasteiger partial charge in [-0.3, -0.25) is 5.10 Å². The number of hydrogen-bond acceptors (Lipinski definition) is 9. The van der Waals surface area contributed by atoms with E-state index in [0.717, 1.165) is 46.2 Å². The molecule has 2 aliphatic rings. The monoisotopic (exact) mass is 528 g/mol. The Balaban J connectivity index is 1.43. The number of H-pyrrole nitrogens is 1. The molecule has 2 saturated heterocycles. The molecule has 0 aliphatic carbocycles. The summed E-state index contributed by atoms with van der Waals surface area (Å²) < 4.78 is 35.4. The van der Waals surface area contributed by atoms with Gasteiger partial charge in [0.05, 0.1) is 35.1 Å². The molecule has 190 valence electrons. The Morgan fingerprint density at radius 2 is 1.94 bits per heavy atom. The van der Waals surface area contributed by atoms with Crippen molar-refractivity contribution in [3.63, 3.8) is 0 Å². The van der Waals surface area contributed by atoms with Crippen LogP contribution in [0.2, 0.25) is 0 Å². The van der Waals surface area contributed by atoms with Gasteiger partial charge in [-0.25, -0.2) is 18.4 Å². The maximum absolute atomic E-state index is 13.6. The van der Waals surface area contributed by atoms with Gasteiger partial charge < -0.3 is 14.7 Å². The maximum atomic E-state index is 13.6. The number of anilines is 1. The van der Waals surface area contributed by atoms with Crippen molar-refractivity contribution in [2.24, 2.45) is 5.92 Å². The molecule has 4 aromatic rings. The Kier molecular flexibility index (Phi) is 6.38. The van der Waals surface area contributed by atoms with Crippen molar-refractivity contribution in [2.45, 2.75) is 23.5 Å². The Morgan fingerprint density at radius 1 is 1.14 bits per heavy atom. The predicted molar refractivity (Wildman–Crippen MR) is 139 cm³/mol. The largest absolute Gasteiger partial charge is 0.396 e. The van der Waals surface area contributed by atoms with Crippen LogP contribution in [0.25, 0.3) is 32.5 Å². The average molecular weight is 529 g/mol. The second kappa shape index (κ2) is 9.67. The van der Waals surface area contributed by atoms with Crippen LogP contribution in [0.1, 0.15) is 19.3 Å². The summed E-state index contributed by atoms with van der Waals surface area (Å²) in [6.45, 7) is 3.63. The highest BCUT2D eigenvalue weighted by atomic mass is 32.2. The number of nitrogens with one attached hydrogen (secondary N) is 1. The molecule has 2 aliphatic heterocycles. The molecule has 0 spiro atoms. The van der Waals surface area contributed by atoms with E-state index in [4.69, 9.17) is 14.7 Å². The summed E-state index contributed by atoms with van der Waals surface area (Å²) in [5.74, 6) is 1.66. The molecule has 6 rings (SSSR count). The molecular weight excluding hydrogens is 500 g/mol. The van der Waals surface area contributed by atoms with Crippen molar-refractivity contribution >= 4 is 48.3 Å². The lowest BCUT2D eigenvalue weighted by atomic mass is 9.95. The third-order valence-corrected chi connectivity index (χ3v) is 10.5. The number of aromatic amines is 1. The van der Waals surface area contributed by atoms with Crippen LogP contribution in [0, 0.1) is 5.92 Å². The first-order valence-electron chi connectivity index (χ1n) is 12.2. The normalized spacial score (nSPS) is 18.4. The number of aliphatic hydroxyl groups is 1. The Labute approximate surface area is 213 Å². The van der Waals surface area contributed by atoms with Gasteiger partial charge in [0.25, 0.3) is 10.0 Å². The van der Waals surface area contributed by atoms with E-state index in [1.54, 1.807) is 16.6 Å². The maximum Gasteiger partial charge on any atom is 0.252 e. The Hall–Kier alpha value is -2.64. The number of aliphatic hydroxyl groups excluding tert-OH is 1. The van der Waals surface area contributed by atoms with Crippen molar-refractivity contribution in [3.8, 4) is 11.4 Å². The van der Waals surface area contributed by atoms with E-state index in [0.29, 0.717) is 60.9 Å². The van der Waals surface area contributed by atoms with Gasteiger partial charge in [0.2, 0.25) is 0 Å². The van der Waals surface area contributed by atoms with Crippen molar-refractivity contribution in [1.82, 2.24) is 24.5 Å². The number of rotatable bonds is 6. The molecule has 0 saturated carbocycles. The van der Waals surface area contributed by atoms with E-state index in [-0.39, 0.29) is 6.61 Å². The first kappa shape index (κ1) is 23.7. The fraction of sp³-hybridized carbons (Fsp3) is 0.458. The van der Waals surface area contributed by atoms with Crippen molar-refractivity contribution < 1.29 is 18.3 Å². The highest BCUT2D eigenvalue weighted by Gasteiger charge is 2.32. The summed E-state index contributed by atoms with van der Waals surface area (Å²) in [7, 11) is -3.65. The molecule has 3 aromatic heterocycles. The summed E-state index contributed by atoms with van der Waals surface area (Å²) >= 11 is 1.24. The summed E-state index contributed by atoms with van der Waals surface area (Å²) in [6, 6.07) is 7.54. The van der Waals surface area contributed by atoms with Crippen LogP contribution in [-0.2, 0) is 14.8 Å². The number of fused-ring (bicyclic) bond motifs is 2. The first-order valence-corrected chi connectivity index (χ1v) is 14.5. The van der Waals surface area contributed by atoms with Gasteiger partial charge in [-0.15, -0.1) is 11.3 Å². The molecule has 5 heterocycles. The molecule has 0 bridgehead atoms. The Bertz CT molecular complexity index is 1490. The topological polar surface area (TPSA) is 125 Å². The van der Waals surface area contributed by atoms with Crippen molar-refractivity contribution in [1.29, 1.82) is 0 Å². The number of morpholine rings is 1. The summed E-state index contributed by atoms with van der Waals surface area (Å²) in [5, 5.41) is 17.3. The van der Waals surface area contributed by atoms with E-state index in [1.807, 2.05) is 18.2 Å². The number of hydrogen-bond donors (Lipinski definition) is 2. The van der Waals surface area contributed by atoms with Gasteiger partial charge >= 0.3 is 0 Å². The predicted octanol–water partition coefficient (Wildman–Crippen LogP) is 2.85. The smallest absolute Gasteiger partial charge is 0.252 e. The van der Waals surface area contributed by atoms with Crippen LogP contribution < -0.4 is 4.90 Å². The standard InChI is InChI=1S/C24H28N6O4S2/c31-11-6-16-4-7-30(8-5-16)36(32,33)21-14-20-22(35-21)24(29-9-12-34-13-10-29)27-23(26-20)17-2-1-3-19-18(17)15-25-28-19/h1-3,14-16,31H,4-13H2,(H,25,28). The zero-order chi connectivity index (χ0) is 24.7. The zero-order valence-electron chi connectivity index (χ0n) is 19.8. The van der Waals surface area contributed by atoms with Gasteiger partial charge in [0, 0.05) is 43.7 Å². The van der Waals surface area contributed by atoms with Gasteiger partial charge in [-0.2, -0.15) is 9.40 Å². The van der Waals surface area contributed by atoms with Crippen LogP contribution in [0.5, 0.6) is 0 Å². The molecule has 0 unspecified atom stereocenters. The molecule has 36 heavy (non-hydrogen) atoms. The number of aromatic nitrogens is 4. The lowest BCUT2D eigenvalue weighted by molar-refractivity contribution is 0.122. The summed E-state index contributed by atoms with van der Waals surface area (Å²) in [5.41, 5.74) is 2.36. The lowest BCUT2D eigenvalue weighted by Gasteiger charge is -2.30. The number of nitrogens with zero attached hydrogens (tertiary/aromatic N) is 5. The SMILES string of the molecule is O=S(=O)(c1cc2nc(-c3cccc4[nH]ncc34)nc(N3CCOCC3)c2s1)N1CCC(CCO)CC1. The van der Waals surface area contributed by atoms with Crippen LogP contribution >= 0.6 is 11.3 Å². The second-order valence-corrected chi connectivity index (χ2v) is 12.5. The highest BCUT2D eigenvalue weighted by molar-refractivity contribution is 7.91. The molecular formula is C24H28N6O4S2. The van der Waals surface area contributed by atoms with E-state index < -0.39 is 10.0 Å². The molecule has 2 N–H and O–H groups in total. The van der Waals surface area contributed by atoms with Crippen molar-refractivity contribution in [2.75, 3.05) is 50.9 Å². The molecule has 10 nitrogen and oxygen atoms in total.